The van der Waals surface area contributed by atoms with E-state index in [4.69, 9.17) is 11.6 Å². The van der Waals surface area contributed by atoms with Crippen molar-refractivity contribution < 1.29 is 9.59 Å². The zero-order valence-electron chi connectivity index (χ0n) is 15.4. The van der Waals surface area contributed by atoms with Crippen molar-refractivity contribution in [3.8, 4) is 5.69 Å². The van der Waals surface area contributed by atoms with Crippen molar-refractivity contribution in [2.45, 2.75) is 19.0 Å². The van der Waals surface area contributed by atoms with Crippen molar-refractivity contribution >= 4 is 35.2 Å². The lowest BCUT2D eigenvalue weighted by Gasteiger charge is -2.10. The standard InChI is InChI=1S/C20H19ClN4O2S/c1-13-9-14(2)11-15(10-13)25-8-7-22-20(25)28-12-18(26)23-24-19(27)16-5-3-4-6-17(16)21/h3-11H,12H2,1-2H3,(H,23,26)(H,24,27). The predicted octanol–water partition coefficient (Wildman–Crippen LogP) is 3.70. The molecular formula is C20H19ClN4O2S. The van der Waals surface area contributed by atoms with E-state index in [-0.39, 0.29) is 11.7 Å². The van der Waals surface area contributed by atoms with Gasteiger partial charge >= 0.3 is 0 Å². The van der Waals surface area contributed by atoms with Crippen LogP contribution in [0.5, 0.6) is 0 Å². The normalized spacial score (nSPS) is 10.5. The Morgan fingerprint density at radius 3 is 2.54 bits per heavy atom. The predicted molar refractivity (Wildman–Crippen MR) is 111 cm³/mol. The van der Waals surface area contributed by atoms with Crippen molar-refractivity contribution in [2.24, 2.45) is 0 Å². The number of hydrogen-bond acceptors (Lipinski definition) is 4. The minimum Gasteiger partial charge on any atom is -0.295 e. The van der Waals surface area contributed by atoms with Crippen LogP contribution in [0.1, 0.15) is 21.5 Å². The molecule has 0 bridgehead atoms. The fourth-order valence-corrected chi connectivity index (χ4v) is 3.68. The Labute approximate surface area is 172 Å². The van der Waals surface area contributed by atoms with Gasteiger partial charge in [-0.05, 0) is 49.2 Å². The monoisotopic (exact) mass is 414 g/mol. The van der Waals surface area contributed by atoms with E-state index in [0.717, 1.165) is 16.8 Å². The summed E-state index contributed by atoms with van der Waals surface area (Å²) < 4.78 is 1.93. The molecule has 0 unspecified atom stereocenters. The molecule has 0 radical (unpaired) electrons. The molecule has 144 valence electrons. The van der Waals surface area contributed by atoms with E-state index in [1.54, 1.807) is 30.5 Å². The summed E-state index contributed by atoms with van der Waals surface area (Å²) in [5, 5.41) is 1.01. The SMILES string of the molecule is Cc1cc(C)cc(-n2ccnc2SCC(=O)NNC(=O)c2ccccc2Cl)c1. The molecule has 6 nitrogen and oxygen atoms in total. The van der Waals surface area contributed by atoms with E-state index < -0.39 is 5.91 Å². The van der Waals surface area contributed by atoms with Crippen molar-refractivity contribution in [3.05, 3.63) is 76.6 Å². The number of nitrogens with zero attached hydrogens (tertiary/aromatic N) is 2. The molecule has 3 rings (SSSR count). The molecule has 0 spiro atoms. The lowest BCUT2D eigenvalue weighted by molar-refractivity contribution is -0.119. The summed E-state index contributed by atoms with van der Waals surface area (Å²) in [6.07, 6.45) is 3.55. The molecule has 3 aromatic rings. The molecule has 0 saturated carbocycles. The number of halogens is 1. The molecule has 2 amide bonds. The summed E-state index contributed by atoms with van der Waals surface area (Å²) in [6.45, 7) is 4.07. The molecule has 2 N–H and O–H groups in total. The Morgan fingerprint density at radius 1 is 1.11 bits per heavy atom. The number of hydrazine groups is 1. The first kappa shape index (κ1) is 20.0. The number of hydrogen-bond donors (Lipinski definition) is 2. The van der Waals surface area contributed by atoms with Crippen LogP contribution in [0, 0.1) is 13.8 Å². The van der Waals surface area contributed by atoms with Crippen LogP contribution in [0.25, 0.3) is 5.69 Å². The zero-order chi connectivity index (χ0) is 20.1. The van der Waals surface area contributed by atoms with Gasteiger partial charge in [0.25, 0.3) is 5.91 Å². The summed E-state index contributed by atoms with van der Waals surface area (Å²) >= 11 is 7.25. The minimum absolute atomic E-state index is 0.102. The maximum Gasteiger partial charge on any atom is 0.271 e. The second kappa shape index (κ2) is 8.95. The van der Waals surface area contributed by atoms with Crippen molar-refractivity contribution in [3.63, 3.8) is 0 Å². The number of carbonyl (C=O) groups is 2. The first-order valence-corrected chi connectivity index (χ1v) is 9.89. The van der Waals surface area contributed by atoms with Crippen molar-refractivity contribution in [2.75, 3.05) is 5.75 Å². The molecule has 0 aliphatic rings. The first-order chi connectivity index (χ1) is 13.4. The van der Waals surface area contributed by atoms with Crippen LogP contribution in [0.2, 0.25) is 5.02 Å². The molecule has 1 aromatic heterocycles. The number of imidazole rings is 1. The Kier molecular flexibility index (Phi) is 6.38. The fourth-order valence-electron chi connectivity index (χ4n) is 2.69. The lowest BCUT2D eigenvalue weighted by atomic mass is 10.1. The summed E-state index contributed by atoms with van der Waals surface area (Å²) in [4.78, 5) is 28.5. The number of thioether (sulfide) groups is 1. The third-order valence-electron chi connectivity index (χ3n) is 3.86. The second-order valence-corrected chi connectivity index (χ2v) is 7.55. The van der Waals surface area contributed by atoms with E-state index in [2.05, 4.69) is 34.0 Å². The summed E-state index contributed by atoms with van der Waals surface area (Å²) in [6, 6.07) is 12.8. The summed E-state index contributed by atoms with van der Waals surface area (Å²) in [5.41, 5.74) is 8.35. The van der Waals surface area contributed by atoms with Crippen LogP contribution < -0.4 is 10.9 Å². The molecule has 28 heavy (non-hydrogen) atoms. The summed E-state index contributed by atoms with van der Waals surface area (Å²) in [7, 11) is 0. The highest BCUT2D eigenvalue weighted by molar-refractivity contribution is 7.99. The maximum atomic E-state index is 12.1. The number of nitrogens with one attached hydrogen (secondary N) is 2. The highest BCUT2D eigenvalue weighted by Gasteiger charge is 2.12. The van der Waals surface area contributed by atoms with E-state index in [1.807, 2.05) is 24.6 Å². The molecule has 0 fully saturated rings. The van der Waals surface area contributed by atoms with E-state index in [9.17, 15) is 9.59 Å². The Hall–Kier alpha value is -2.77. The van der Waals surface area contributed by atoms with Gasteiger partial charge in [0.15, 0.2) is 5.16 Å². The number of aromatic nitrogens is 2. The molecule has 0 aliphatic carbocycles. The van der Waals surface area contributed by atoms with Gasteiger partial charge in [0.05, 0.1) is 16.3 Å². The quantitative estimate of drug-likeness (QED) is 0.493. The van der Waals surface area contributed by atoms with Crippen molar-refractivity contribution in [1.29, 1.82) is 0 Å². The third-order valence-corrected chi connectivity index (χ3v) is 5.15. The highest BCUT2D eigenvalue weighted by atomic mass is 35.5. The molecule has 8 heteroatoms. The highest BCUT2D eigenvalue weighted by Crippen LogP contribution is 2.22. The lowest BCUT2D eigenvalue weighted by Crippen LogP contribution is -2.42. The van der Waals surface area contributed by atoms with Gasteiger partial charge in [0, 0.05) is 18.1 Å². The summed E-state index contributed by atoms with van der Waals surface area (Å²) in [5.74, 6) is -0.717. The van der Waals surface area contributed by atoms with Crippen LogP contribution in [0.4, 0.5) is 0 Å². The van der Waals surface area contributed by atoms with Crippen LogP contribution >= 0.6 is 23.4 Å². The zero-order valence-corrected chi connectivity index (χ0v) is 17.0. The van der Waals surface area contributed by atoms with Gasteiger partial charge in [-0.1, -0.05) is 41.6 Å². The van der Waals surface area contributed by atoms with E-state index in [1.165, 1.54) is 11.8 Å². The van der Waals surface area contributed by atoms with Crippen LogP contribution in [-0.2, 0) is 4.79 Å². The Balaban J connectivity index is 1.58. The van der Waals surface area contributed by atoms with Crippen LogP contribution in [-0.4, -0.2) is 27.1 Å². The Bertz CT molecular complexity index is 999. The average molecular weight is 415 g/mol. The molecule has 0 saturated heterocycles. The third kappa shape index (κ3) is 4.94. The molecule has 1 heterocycles. The van der Waals surface area contributed by atoms with Gasteiger partial charge in [0.1, 0.15) is 0 Å². The Morgan fingerprint density at radius 2 is 1.82 bits per heavy atom. The van der Waals surface area contributed by atoms with Crippen LogP contribution in [0.3, 0.4) is 0 Å². The first-order valence-electron chi connectivity index (χ1n) is 8.52. The maximum absolute atomic E-state index is 12.1. The van der Waals surface area contributed by atoms with Gasteiger partial charge in [-0.25, -0.2) is 4.98 Å². The smallest absolute Gasteiger partial charge is 0.271 e. The van der Waals surface area contributed by atoms with Gasteiger partial charge in [-0.15, -0.1) is 0 Å². The number of aryl methyl sites for hydroxylation is 2. The van der Waals surface area contributed by atoms with Gasteiger partial charge in [-0.3, -0.25) is 25.0 Å². The van der Waals surface area contributed by atoms with Gasteiger partial charge in [0.2, 0.25) is 5.91 Å². The van der Waals surface area contributed by atoms with E-state index in [0.29, 0.717) is 15.7 Å². The molecule has 0 aliphatic heterocycles. The van der Waals surface area contributed by atoms with Gasteiger partial charge < -0.3 is 0 Å². The van der Waals surface area contributed by atoms with Gasteiger partial charge in [-0.2, -0.15) is 0 Å². The average Bonchev–Trinajstić information content (AvgIpc) is 3.12. The number of benzene rings is 2. The van der Waals surface area contributed by atoms with Crippen molar-refractivity contribution in [1.82, 2.24) is 20.4 Å². The second-order valence-electron chi connectivity index (χ2n) is 6.20. The molecular weight excluding hydrogens is 396 g/mol. The number of amides is 2. The topological polar surface area (TPSA) is 76.0 Å². The number of carbonyl (C=O) groups excluding carboxylic acids is 2. The largest absolute Gasteiger partial charge is 0.295 e. The molecule has 2 aromatic carbocycles. The minimum atomic E-state index is -0.472. The van der Waals surface area contributed by atoms with Crippen LogP contribution in [0.15, 0.2) is 60.0 Å². The molecule has 0 atom stereocenters. The number of rotatable bonds is 5. The fraction of sp³-hybridized carbons (Fsp3) is 0.150. The van der Waals surface area contributed by atoms with E-state index >= 15 is 0 Å².